The van der Waals surface area contributed by atoms with E-state index < -0.39 is 5.97 Å². The summed E-state index contributed by atoms with van der Waals surface area (Å²) in [5.41, 5.74) is 0.815. The van der Waals surface area contributed by atoms with E-state index in [0.717, 1.165) is 5.56 Å². The van der Waals surface area contributed by atoms with E-state index in [9.17, 15) is 9.90 Å². The van der Waals surface area contributed by atoms with Crippen LogP contribution in [0, 0.1) is 0 Å². The SMILES string of the molecule is CC=C[C@H](CC(=O)O)c1cccc(O)c1. The average molecular weight is 206 g/mol. The second kappa shape index (κ2) is 5.20. The Morgan fingerprint density at radius 1 is 1.53 bits per heavy atom. The molecule has 0 saturated heterocycles. The van der Waals surface area contributed by atoms with Gasteiger partial charge in [-0.25, -0.2) is 0 Å². The number of allylic oxidation sites excluding steroid dienone is 2. The second-order valence-electron chi connectivity index (χ2n) is 3.33. The second-order valence-corrected chi connectivity index (χ2v) is 3.33. The number of rotatable bonds is 4. The van der Waals surface area contributed by atoms with Crippen LogP contribution in [0.1, 0.15) is 24.8 Å². The summed E-state index contributed by atoms with van der Waals surface area (Å²) in [4.78, 5) is 10.6. The standard InChI is InChI=1S/C12H14O3/c1-2-4-9(8-12(14)15)10-5-3-6-11(13)7-10/h2-7,9,13H,8H2,1H3,(H,14,15)/t9-/m1/s1. The molecule has 0 aromatic heterocycles. The van der Waals surface area contributed by atoms with E-state index in [1.807, 2.05) is 25.1 Å². The Hall–Kier alpha value is -1.77. The molecule has 80 valence electrons. The maximum absolute atomic E-state index is 10.6. The van der Waals surface area contributed by atoms with E-state index >= 15 is 0 Å². The summed E-state index contributed by atoms with van der Waals surface area (Å²) in [6, 6.07) is 6.68. The lowest BCUT2D eigenvalue weighted by Gasteiger charge is -2.10. The number of hydrogen-bond acceptors (Lipinski definition) is 2. The Labute approximate surface area is 88.7 Å². The molecule has 0 fully saturated rings. The van der Waals surface area contributed by atoms with Crippen LogP contribution in [-0.4, -0.2) is 16.2 Å². The van der Waals surface area contributed by atoms with Gasteiger partial charge in [-0.3, -0.25) is 4.79 Å². The van der Waals surface area contributed by atoms with Crippen molar-refractivity contribution >= 4 is 5.97 Å². The van der Waals surface area contributed by atoms with Crippen LogP contribution >= 0.6 is 0 Å². The molecule has 0 radical (unpaired) electrons. The molecule has 1 rings (SSSR count). The quantitative estimate of drug-likeness (QED) is 0.744. The summed E-state index contributed by atoms with van der Waals surface area (Å²) in [7, 11) is 0. The summed E-state index contributed by atoms with van der Waals surface area (Å²) in [6.45, 7) is 1.84. The van der Waals surface area contributed by atoms with Gasteiger partial charge >= 0.3 is 5.97 Å². The summed E-state index contributed by atoms with van der Waals surface area (Å²) in [6.07, 6.45) is 3.67. The zero-order valence-electron chi connectivity index (χ0n) is 8.55. The molecule has 0 aliphatic carbocycles. The van der Waals surface area contributed by atoms with E-state index in [2.05, 4.69) is 0 Å². The third kappa shape index (κ3) is 3.46. The van der Waals surface area contributed by atoms with Gasteiger partial charge in [0, 0.05) is 5.92 Å². The number of phenolic OH excluding ortho intramolecular Hbond substituents is 1. The van der Waals surface area contributed by atoms with Gasteiger partial charge in [-0.1, -0.05) is 24.3 Å². The number of carboxylic acid groups (broad SMARTS) is 1. The van der Waals surface area contributed by atoms with Gasteiger partial charge < -0.3 is 10.2 Å². The highest BCUT2D eigenvalue weighted by Gasteiger charge is 2.12. The van der Waals surface area contributed by atoms with Crippen LogP contribution < -0.4 is 0 Å². The Morgan fingerprint density at radius 2 is 2.27 bits per heavy atom. The molecule has 0 bridgehead atoms. The van der Waals surface area contributed by atoms with Crippen molar-refractivity contribution in [3.05, 3.63) is 42.0 Å². The van der Waals surface area contributed by atoms with E-state index in [-0.39, 0.29) is 18.1 Å². The van der Waals surface area contributed by atoms with Crippen LogP contribution in [0.4, 0.5) is 0 Å². The molecular weight excluding hydrogens is 192 g/mol. The van der Waals surface area contributed by atoms with Gasteiger partial charge in [-0.2, -0.15) is 0 Å². The van der Waals surface area contributed by atoms with Crippen LogP contribution in [0.2, 0.25) is 0 Å². The fourth-order valence-electron chi connectivity index (χ4n) is 1.47. The lowest BCUT2D eigenvalue weighted by Crippen LogP contribution is -2.03. The normalized spacial score (nSPS) is 12.9. The molecule has 2 N–H and O–H groups in total. The van der Waals surface area contributed by atoms with Crippen molar-refractivity contribution in [2.45, 2.75) is 19.3 Å². The van der Waals surface area contributed by atoms with E-state index in [1.54, 1.807) is 18.2 Å². The number of carboxylic acids is 1. The maximum atomic E-state index is 10.6. The first-order chi connectivity index (χ1) is 7.13. The monoisotopic (exact) mass is 206 g/mol. The minimum atomic E-state index is -0.846. The van der Waals surface area contributed by atoms with Crippen molar-refractivity contribution in [2.24, 2.45) is 0 Å². The Morgan fingerprint density at radius 3 is 2.80 bits per heavy atom. The van der Waals surface area contributed by atoms with Crippen molar-refractivity contribution in [1.29, 1.82) is 0 Å². The van der Waals surface area contributed by atoms with Crippen LogP contribution in [0.25, 0.3) is 0 Å². The van der Waals surface area contributed by atoms with Crippen molar-refractivity contribution in [3.63, 3.8) is 0 Å². The Bertz CT molecular complexity index is 369. The van der Waals surface area contributed by atoms with Crippen LogP contribution in [-0.2, 0) is 4.79 Å². The number of carbonyl (C=O) groups is 1. The lowest BCUT2D eigenvalue weighted by atomic mass is 9.95. The molecule has 0 saturated carbocycles. The average Bonchev–Trinajstić information content (AvgIpc) is 2.16. The third-order valence-corrected chi connectivity index (χ3v) is 2.12. The summed E-state index contributed by atoms with van der Waals surface area (Å²) >= 11 is 0. The molecule has 1 atom stereocenters. The number of phenols is 1. The van der Waals surface area contributed by atoms with E-state index in [0.29, 0.717) is 0 Å². The molecule has 0 spiro atoms. The zero-order valence-corrected chi connectivity index (χ0v) is 8.55. The minimum Gasteiger partial charge on any atom is -0.508 e. The minimum absolute atomic E-state index is 0.0355. The largest absolute Gasteiger partial charge is 0.508 e. The van der Waals surface area contributed by atoms with Gasteiger partial charge in [-0.15, -0.1) is 0 Å². The lowest BCUT2D eigenvalue weighted by molar-refractivity contribution is -0.137. The number of hydrogen-bond donors (Lipinski definition) is 2. The smallest absolute Gasteiger partial charge is 0.304 e. The number of benzene rings is 1. The molecule has 0 amide bonds. The molecule has 1 aromatic carbocycles. The summed E-state index contributed by atoms with van der Waals surface area (Å²) in [5, 5.41) is 18.0. The third-order valence-electron chi connectivity index (χ3n) is 2.12. The highest BCUT2D eigenvalue weighted by molar-refractivity contribution is 5.68. The van der Waals surface area contributed by atoms with E-state index in [4.69, 9.17) is 5.11 Å². The van der Waals surface area contributed by atoms with Gasteiger partial charge in [0.25, 0.3) is 0 Å². The first-order valence-electron chi connectivity index (χ1n) is 4.77. The van der Waals surface area contributed by atoms with Gasteiger partial charge in [0.1, 0.15) is 5.75 Å². The molecule has 15 heavy (non-hydrogen) atoms. The highest BCUT2D eigenvalue weighted by Crippen LogP contribution is 2.24. The predicted octanol–water partition coefficient (Wildman–Crippen LogP) is 2.53. The van der Waals surface area contributed by atoms with Gasteiger partial charge in [0.05, 0.1) is 6.42 Å². The number of aliphatic carboxylic acids is 1. The molecule has 0 aliphatic rings. The topological polar surface area (TPSA) is 57.5 Å². The first-order valence-corrected chi connectivity index (χ1v) is 4.77. The van der Waals surface area contributed by atoms with Crippen LogP contribution in [0.5, 0.6) is 5.75 Å². The van der Waals surface area contributed by atoms with Gasteiger partial charge in [-0.05, 0) is 24.6 Å². The van der Waals surface area contributed by atoms with Crippen molar-refractivity contribution in [1.82, 2.24) is 0 Å². The summed E-state index contributed by atoms with van der Waals surface area (Å²) < 4.78 is 0. The van der Waals surface area contributed by atoms with Gasteiger partial charge in [0.15, 0.2) is 0 Å². The van der Waals surface area contributed by atoms with Crippen LogP contribution in [0.15, 0.2) is 36.4 Å². The molecule has 1 aromatic rings. The van der Waals surface area contributed by atoms with Crippen molar-refractivity contribution in [3.8, 4) is 5.75 Å². The van der Waals surface area contributed by atoms with Crippen molar-refractivity contribution in [2.75, 3.05) is 0 Å². The predicted molar refractivity (Wildman–Crippen MR) is 57.9 cm³/mol. The zero-order chi connectivity index (χ0) is 11.3. The number of aromatic hydroxyl groups is 1. The molecule has 3 heteroatoms. The van der Waals surface area contributed by atoms with Crippen molar-refractivity contribution < 1.29 is 15.0 Å². The van der Waals surface area contributed by atoms with E-state index in [1.165, 1.54) is 0 Å². The first kappa shape index (κ1) is 11.3. The highest BCUT2D eigenvalue weighted by atomic mass is 16.4. The molecule has 0 aliphatic heterocycles. The van der Waals surface area contributed by atoms with Crippen LogP contribution in [0.3, 0.4) is 0 Å². The fraction of sp³-hybridized carbons (Fsp3) is 0.250. The Balaban J connectivity index is 2.93. The van der Waals surface area contributed by atoms with Gasteiger partial charge in [0.2, 0.25) is 0 Å². The molecular formula is C12H14O3. The summed E-state index contributed by atoms with van der Waals surface area (Å²) in [5.74, 6) is -0.867. The molecule has 0 heterocycles. The fourth-order valence-corrected chi connectivity index (χ4v) is 1.47. The Kier molecular flexibility index (Phi) is 3.92. The molecule has 3 nitrogen and oxygen atoms in total. The maximum Gasteiger partial charge on any atom is 0.304 e. The molecule has 0 unspecified atom stereocenters.